The Labute approximate surface area is 93.8 Å². The van der Waals surface area contributed by atoms with E-state index in [4.69, 9.17) is 5.73 Å². The second-order valence-corrected chi connectivity index (χ2v) is 3.91. The van der Waals surface area contributed by atoms with Crippen molar-refractivity contribution in [1.82, 2.24) is 19.4 Å². The summed E-state index contributed by atoms with van der Waals surface area (Å²) in [7, 11) is 1.24. The van der Waals surface area contributed by atoms with Crippen molar-refractivity contribution in [2.24, 2.45) is 0 Å². The third-order valence-electron chi connectivity index (χ3n) is 2.14. The average Bonchev–Trinajstić information content (AvgIpc) is 2.73. The standard InChI is InChI=1S/C7H7N5O3S/c1-11-5(13)6(14)12(7(11)15)2-3-4(8)16-10-9-3/h2,8H2,1H3. The van der Waals surface area contributed by atoms with Crippen LogP contribution in [0.3, 0.4) is 0 Å². The van der Waals surface area contributed by atoms with Gasteiger partial charge in [-0.3, -0.25) is 14.5 Å². The third kappa shape index (κ3) is 1.41. The first-order valence-corrected chi connectivity index (χ1v) is 5.00. The van der Waals surface area contributed by atoms with Crippen LogP contribution >= 0.6 is 11.5 Å². The Hall–Kier alpha value is -2.03. The van der Waals surface area contributed by atoms with E-state index in [0.29, 0.717) is 10.7 Å². The summed E-state index contributed by atoms with van der Waals surface area (Å²) in [6.45, 7) is -0.129. The number of rotatable bonds is 2. The lowest BCUT2D eigenvalue weighted by molar-refractivity contribution is -0.143. The van der Waals surface area contributed by atoms with Gasteiger partial charge in [0.1, 0.15) is 10.7 Å². The SMILES string of the molecule is CN1C(=O)C(=O)N(Cc2nnsc2N)C1=O. The molecule has 2 N–H and O–H groups in total. The van der Waals surface area contributed by atoms with Crippen molar-refractivity contribution >= 4 is 34.4 Å². The fourth-order valence-corrected chi connectivity index (χ4v) is 1.67. The van der Waals surface area contributed by atoms with Crippen molar-refractivity contribution in [3.8, 4) is 0 Å². The lowest BCUT2D eigenvalue weighted by Gasteiger charge is -2.10. The fourth-order valence-electron chi connectivity index (χ4n) is 1.23. The van der Waals surface area contributed by atoms with Crippen LogP contribution in [0.4, 0.5) is 9.80 Å². The highest BCUT2D eigenvalue weighted by Gasteiger charge is 2.42. The minimum Gasteiger partial charge on any atom is -0.388 e. The monoisotopic (exact) mass is 241 g/mol. The van der Waals surface area contributed by atoms with Gasteiger partial charge in [-0.05, 0) is 0 Å². The fraction of sp³-hybridized carbons (Fsp3) is 0.286. The average molecular weight is 241 g/mol. The smallest absolute Gasteiger partial charge is 0.334 e. The minimum absolute atomic E-state index is 0.129. The van der Waals surface area contributed by atoms with Gasteiger partial charge in [-0.25, -0.2) is 9.69 Å². The quantitative estimate of drug-likeness (QED) is 0.527. The molecule has 9 heteroatoms. The molecule has 1 aliphatic heterocycles. The molecule has 84 valence electrons. The number of likely N-dealkylation sites (N-methyl/N-ethyl adjacent to an activating group) is 1. The lowest BCUT2D eigenvalue weighted by Crippen LogP contribution is -2.31. The first-order chi connectivity index (χ1) is 7.52. The van der Waals surface area contributed by atoms with Gasteiger partial charge in [0, 0.05) is 18.6 Å². The molecule has 2 heterocycles. The molecular formula is C7H7N5O3S. The number of nitrogens with two attached hydrogens (primary N) is 1. The first-order valence-electron chi connectivity index (χ1n) is 4.22. The minimum atomic E-state index is -0.875. The zero-order valence-electron chi connectivity index (χ0n) is 8.21. The predicted molar refractivity (Wildman–Crippen MR) is 53.0 cm³/mol. The molecule has 8 nitrogen and oxygen atoms in total. The number of carbonyl (C=O) groups is 3. The molecule has 0 unspecified atom stereocenters. The van der Waals surface area contributed by atoms with Crippen LogP contribution in [-0.4, -0.2) is 44.3 Å². The molecular weight excluding hydrogens is 234 g/mol. The number of hydrogen-bond acceptors (Lipinski definition) is 7. The molecule has 0 aliphatic carbocycles. The summed E-state index contributed by atoms with van der Waals surface area (Å²) < 4.78 is 3.57. The van der Waals surface area contributed by atoms with Crippen LogP contribution in [0, 0.1) is 0 Å². The van der Waals surface area contributed by atoms with Gasteiger partial charge in [0.25, 0.3) is 0 Å². The number of urea groups is 1. The maximum atomic E-state index is 11.5. The van der Waals surface area contributed by atoms with Crippen molar-refractivity contribution in [1.29, 1.82) is 0 Å². The van der Waals surface area contributed by atoms with Gasteiger partial charge >= 0.3 is 17.8 Å². The zero-order valence-corrected chi connectivity index (χ0v) is 9.02. The largest absolute Gasteiger partial charge is 0.388 e. The Morgan fingerprint density at radius 1 is 1.31 bits per heavy atom. The van der Waals surface area contributed by atoms with Gasteiger partial charge in [-0.2, -0.15) is 0 Å². The van der Waals surface area contributed by atoms with Crippen LogP contribution < -0.4 is 5.73 Å². The Bertz CT molecular complexity index is 484. The maximum absolute atomic E-state index is 11.5. The molecule has 0 saturated carbocycles. The van der Waals surface area contributed by atoms with Crippen LogP contribution in [0.15, 0.2) is 0 Å². The highest BCUT2D eigenvalue weighted by atomic mass is 32.1. The highest BCUT2D eigenvalue weighted by Crippen LogP contribution is 2.18. The number of anilines is 1. The van der Waals surface area contributed by atoms with Crippen LogP contribution in [0.25, 0.3) is 0 Å². The van der Waals surface area contributed by atoms with Crippen molar-refractivity contribution < 1.29 is 14.4 Å². The van der Waals surface area contributed by atoms with Crippen LogP contribution in [-0.2, 0) is 16.1 Å². The summed E-state index contributed by atoms with van der Waals surface area (Å²) in [6, 6.07) is -0.678. The number of aromatic nitrogens is 2. The maximum Gasteiger partial charge on any atom is 0.334 e. The van der Waals surface area contributed by atoms with Crippen molar-refractivity contribution in [3.05, 3.63) is 5.69 Å². The van der Waals surface area contributed by atoms with Gasteiger partial charge in [0.2, 0.25) is 0 Å². The number of imide groups is 2. The number of carbonyl (C=O) groups excluding carboxylic acids is 3. The first kappa shape index (κ1) is 10.5. The number of nitrogen functional groups attached to an aromatic ring is 1. The molecule has 0 spiro atoms. The van der Waals surface area contributed by atoms with E-state index in [1.165, 1.54) is 7.05 Å². The normalized spacial score (nSPS) is 16.4. The molecule has 4 amide bonds. The van der Waals surface area contributed by atoms with E-state index in [9.17, 15) is 14.4 Å². The van der Waals surface area contributed by atoms with E-state index in [-0.39, 0.29) is 6.54 Å². The number of nitrogens with zero attached hydrogens (tertiary/aromatic N) is 4. The summed E-state index contributed by atoms with van der Waals surface area (Å²) in [5.41, 5.74) is 5.84. The van der Waals surface area contributed by atoms with Gasteiger partial charge in [0.15, 0.2) is 0 Å². The zero-order chi connectivity index (χ0) is 11.9. The Morgan fingerprint density at radius 2 is 2.00 bits per heavy atom. The summed E-state index contributed by atoms with van der Waals surface area (Å²) in [5, 5.41) is 3.99. The van der Waals surface area contributed by atoms with E-state index in [2.05, 4.69) is 9.59 Å². The van der Waals surface area contributed by atoms with Crippen LogP contribution in [0.2, 0.25) is 0 Å². The molecule has 2 rings (SSSR count). The van der Waals surface area contributed by atoms with E-state index >= 15 is 0 Å². The molecule has 0 aromatic carbocycles. The second-order valence-electron chi connectivity index (χ2n) is 3.12. The molecule has 0 radical (unpaired) electrons. The highest BCUT2D eigenvalue weighted by molar-refractivity contribution is 7.09. The molecule has 1 fully saturated rings. The Kier molecular flexibility index (Phi) is 2.31. The topological polar surface area (TPSA) is 109 Å². The summed E-state index contributed by atoms with van der Waals surface area (Å²) in [6.07, 6.45) is 0. The van der Waals surface area contributed by atoms with Gasteiger partial charge in [-0.1, -0.05) is 4.49 Å². The second kappa shape index (κ2) is 3.52. The third-order valence-corrected chi connectivity index (χ3v) is 2.74. The Morgan fingerprint density at radius 3 is 2.44 bits per heavy atom. The molecule has 1 aliphatic rings. The number of amides is 4. The molecule has 16 heavy (non-hydrogen) atoms. The molecule has 1 aromatic rings. The van der Waals surface area contributed by atoms with E-state index in [1.807, 2.05) is 0 Å². The van der Waals surface area contributed by atoms with Crippen molar-refractivity contribution in [3.63, 3.8) is 0 Å². The van der Waals surface area contributed by atoms with E-state index < -0.39 is 17.8 Å². The van der Waals surface area contributed by atoms with Crippen molar-refractivity contribution in [2.45, 2.75) is 6.54 Å². The van der Waals surface area contributed by atoms with Gasteiger partial charge in [0.05, 0.1) is 6.54 Å². The van der Waals surface area contributed by atoms with Crippen LogP contribution in [0.1, 0.15) is 5.69 Å². The van der Waals surface area contributed by atoms with E-state index in [0.717, 1.165) is 21.3 Å². The van der Waals surface area contributed by atoms with E-state index in [1.54, 1.807) is 0 Å². The Balaban J connectivity index is 2.24. The lowest BCUT2D eigenvalue weighted by atomic mass is 10.4. The summed E-state index contributed by atoms with van der Waals surface area (Å²) in [5.74, 6) is -1.73. The predicted octanol–water partition coefficient (Wildman–Crippen LogP) is -0.959. The van der Waals surface area contributed by atoms with Gasteiger partial charge in [-0.15, -0.1) is 5.10 Å². The molecule has 0 atom stereocenters. The molecule has 1 aromatic heterocycles. The van der Waals surface area contributed by atoms with Crippen molar-refractivity contribution in [2.75, 3.05) is 12.8 Å². The van der Waals surface area contributed by atoms with Crippen LogP contribution in [0.5, 0.6) is 0 Å². The molecule has 0 bridgehead atoms. The molecule has 1 saturated heterocycles. The summed E-state index contributed by atoms with van der Waals surface area (Å²) in [4.78, 5) is 35.6. The number of hydrogen-bond donors (Lipinski definition) is 1. The summed E-state index contributed by atoms with van der Waals surface area (Å²) >= 11 is 0.961. The van der Waals surface area contributed by atoms with Gasteiger partial charge < -0.3 is 5.73 Å².